The molecule has 0 aromatic carbocycles. The first-order valence-electron chi connectivity index (χ1n) is 9.36. The summed E-state index contributed by atoms with van der Waals surface area (Å²) in [7, 11) is 0. The minimum Gasteiger partial charge on any atom is -0.390 e. The van der Waals surface area contributed by atoms with Crippen molar-refractivity contribution in [2.45, 2.75) is 65.3 Å². The Morgan fingerprint density at radius 3 is 2.52 bits per heavy atom. The fraction of sp³-hybridized carbons (Fsp3) is 0.722. The molecule has 2 N–H and O–H groups in total. The van der Waals surface area contributed by atoms with Gasteiger partial charge in [0.15, 0.2) is 5.78 Å². The number of nitrogens with zero attached hydrogens (tertiary/aromatic N) is 3. The number of carbonyl (C=O) groups is 2. The van der Waals surface area contributed by atoms with Gasteiger partial charge in [0.2, 0.25) is 0 Å². The van der Waals surface area contributed by atoms with Gasteiger partial charge in [0.05, 0.1) is 11.1 Å². The third-order valence-corrected chi connectivity index (χ3v) is 4.52. The average molecular weight is 413 g/mol. The molecule has 0 fully saturated rings. The molecule has 0 bridgehead atoms. The van der Waals surface area contributed by atoms with Crippen molar-refractivity contribution in [1.29, 1.82) is 0 Å². The van der Waals surface area contributed by atoms with Crippen LogP contribution in [0.25, 0.3) is 0 Å². The third kappa shape index (κ3) is 7.61. The average Bonchev–Trinajstić information content (AvgIpc) is 3.10. The summed E-state index contributed by atoms with van der Waals surface area (Å²) in [6, 6.07) is 0. The predicted octanol–water partition coefficient (Wildman–Crippen LogP) is 1.02. The van der Waals surface area contributed by atoms with E-state index in [1.807, 2.05) is 0 Å². The van der Waals surface area contributed by atoms with Crippen LogP contribution in [0.1, 0.15) is 41.5 Å². The molecule has 0 aliphatic heterocycles. The second-order valence-electron chi connectivity index (χ2n) is 7.73. The van der Waals surface area contributed by atoms with Crippen molar-refractivity contribution in [1.82, 2.24) is 20.3 Å². The monoisotopic (exact) mass is 413 g/mol. The lowest BCUT2D eigenvalue weighted by atomic mass is 10.0. The zero-order chi connectivity index (χ0) is 22.2. The molecule has 1 unspecified atom stereocenters. The van der Waals surface area contributed by atoms with Crippen molar-refractivity contribution in [3.05, 3.63) is 22.5 Å². The van der Waals surface area contributed by atoms with Crippen LogP contribution >= 0.6 is 0 Å². The maximum atomic E-state index is 12.3. The number of imidazole rings is 1. The SMILES string of the molecule is CCOCC(=O)C(C)(C)NOC(CNC(C)(C)C(C)=O)Cn1ccnc1[N+](=O)[O-]. The Morgan fingerprint density at radius 2 is 1.97 bits per heavy atom. The van der Waals surface area contributed by atoms with E-state index in [2.05, 4.69) is 15.8 Å². The van der Waals surface area contributed by atoms with E-state index in [1.54, 1.807) is 34.6 Å². The second-order valence-corrected chi connectivity index (χ2v) is 7.73. The van der Waals surface area contributed by atoms with Crippen LogP contribution in [0.3, 0.4) is 0 Å². The molecule has 1 aromatic heterocycles. The Bertz CT molecular complexity index is 715. The molecule has 164 valence electrons. The Kier molecular flexibility index (Phi) is 9.02. The lowest BCUT2D eigenvalue weighted by Gasteiger charge is -2.30. The van der Waals surface area contributed by atoms with Gasteiger partial charge in [-0.15, -0.1) is 0 Å². The standard InChI is InChI=1S/C18H31N5O6/c1-7-28-12-15(25)18(5,6)21-29-14(10-20-17(3,4)13(2)24)11-22-9-8-19-16(22)23(26)27/h8-9,14,20-21H,7,10-12H2,1-6H3. The maximum Gasteiger partial charge on any atom is 0.434 e. The number of ketones is 2. The molecule has 1 aromatic rings. The first-order chi connectivity index (χ1) is 13.4. The largest absolute Gasteiger partial charge is 0.434 e. The Hall–Kier alpha value is -2.21. The molecule has 0 saturated carbocycles. The second kappa shape index (κ2) is 10.5. The van der Waals surface area contributed by atoms with Crippen LogP contribution in [-0.2, 0) is 25.7 Å². The van der Waals surface area contributed by atoms with E-state index in [0.717, 1.165) is 0 Å². The van der Waals surface area contributed by atoms with Gasteiger partial charge in [0.25, 0.3) is 0 Å². The lowest BCUT2D eigenvalue weighted by Crippen LogP contribution is -2.54. The minimum absolute atomic E-state index is 0.0624. The van der Waals surface area contributed by atoms with Crippen molar-refractivity contribution >= 4 is 17.5 Å². The molecule has 1 heterocycles. The minimum atomic E-state index is -1.04. The van der Waals surface area contributed by atoms with Crippen molar-refractivity contribution in [3.63, 3.8) is 0 Å². The van der Waals surface area contributed by atoms with E-state index >= 15 is 0 Å². The van der Waals surface area contributed by atoms with Crippen LogP contribution in [0, 0.1) is 10.1 Å². The highest BCUT2D eigenvalue weighted by Crippen LogP contribution is 2.12. The Morgan fingerprint density at radius 1 is 1.31 bits per heavy atom. The molecule has 1 atom stereocenters. The molecule has 0 aliphatic rings. The normalized spacial score (nSPS) is 13.3. The molecule has 11 heteroatoms. The quantitative estimate of drug-likeness (QED) is 0.338. The molecule has 0 aliphatic carbocycles. The summed E-state index contributed by atoms with van der Waals surface area (Å²) in [5, 5.41) is 14.2. The number of hydrogen-bond donors (Lipinski definition) is 2. The van der Waals surface area contributed by atoms with Crippen LogP contribution in [0.5, 0.6) is 0 Å². The number of hydroxylamine groups is 1. The number of carbonyl (C=O) groups excluding carboxylic acids is 2. The lowest BCUT2D eigenvalue weighted by molar-refractivity contribution is -0.397. The molecule has 11 nitrogen and oxygen atoms in total. The van der Waals surface area contributed by atoms with Gasteiger partial charge in [-0.2, -0.15) is 5.48 Å². The van der Waals surface area contributed by atoms with E-state index in [0.29, 0.717) is 6.61 Å². The molecule has 0 spiro atoms. The first kappa shape index (κ1) is 24.8. The fourth-order valence-corrected chi connectivity index (χ4v) is 2.13. The van der Waals surface area contributed by atoms with Crippen LogP contribution in [0.15, 0.2) is 12.4 Å². The summed E-state index contributed by atoms with van der Waals surface area (Å²) in [4.78, 5) is 44.0. The van der Waals surface area contributed by atoms with Crippen LogP contribution in [-0.4, -0.2) is 63.0 Å². The first-order valence-corrected chi connectivity index (χ1v) is 9.36. The summed E-state index contributed by atoms with van der Waals surface area (Å²) in [6.45, 7) is 10.7. The highest BCUT2D eigenvalue weighted by molar-refractivity contribution is 5.88. The van der Waals surface area contributed by atoms with Gasteiger partial charge < -0.3 is 20.2 Å². The smallest absolute Gasteiger partial charge is 0.390 e. The van der Waals surface area contributed by atoms with Gasteiger partial charge in [-0.1, -0.05) is 4.98 Å². The molecular weight excluding hydrogens is 382 g/mol. The number of ether oxygens (including phenoxy) is 1. The molecule has 1 rings (SSSR count). The molecule has 0 radical (unpaired) electrons. The number of Topliss-reactive ketones (excluding diaryl/α,β-unsaturated/α-hetero) is 2. The van der Waals surface area contributed by atoms with Gasteiger partial charge in [-0.05, 0) is 46.5 Å². The van der Waals surface area contributed by atoms with Gasteiger partial charge in [0.1, 0.15) is 37.4 Å². The van der Waals surface area contributed by atoms with Crippen LogP contribution < -0.4 is 10.8 Å². The third-order valence-electron chi connectivity index (χ3n) is 4.52. The van der Waals surface area contributed by atoms with E-state index in [4.69, 9.17) is 9.57 Å². The van der Waals surface area contributed by atoms with Crippen molar-refractivity contribution < 1.29 is 24.1 Å². The zero-order valence-electron chi connectivity index (χ0n) is 17.9. The number of aromatic nitrogens is 2. The molecule has 0 saturated heterocycles. The van der Waals surface area contributed by atoms with Gasteiger partial charge in [0, 0.05) is 13.2 Å². The van der Waals surface area contributed by atoms with Crippen molar-refractivity contribution in [2.24, 2.45) is 0 Å². The van der Waals surface area contributed by atoms with E-state index in [1.165, 1.54) is 23.9 Å². The molecule has 0 amide bonds. The van der Waals surface area contributed by atoms with Gasteiger partial charge in [-0.25, -0.2) is 4.57 Å². The Labute approximate surface area is 170 Å². The molecular formula is C18H31N5O6. The molecule has 29 heavy (non-hydrogen) atoms. The number of hydrogen-bond acceptors (Lipinski definition) is 9. The van der Waals surface area contributed by atoms with E-state index in [9.17, 15) is 19.7 Å². The number of nitro groups is 1. The van der Waals surface area contributed by atoms with Gasteiger partial charge >= 0.3 is 5.95 Å². The summed E-state index contributed by atoms with van der Waals surface area (Å²) in [6.07, 6.45) is 2.15. The summed E-state index contributed by atoms with van der Waals surface area (Å²) in [5.74, 6) is -0.593. The summed E-state index contributed by atoms with van der Waals surface area (Å²) >= 11 is 0. The van der Waals surface area contributed by atoms with Gasteiger partial charge in [-0.3, -0.25) is 14.4 Å². The van der Waals surface area contributed by atoms with Crippen molar-refractivity contribution in [2.75, 3.05) is 19.8 Å². The highest BCUT2D eigenvalue weighted by Gasteiger charge is 2.31. The number of nitrogens with one attached hydrogen (secondary N) is 2. The topological polar surface area (TPSA) is 138 Å². The maximum absolute atomic E-state index is 12.3. The predicted molar refractivity (Wildman–Crippen MR) is 105 cm³/mol. The zero-order valence-corrected chi connectivity index (χ0v) is 17.9. The van der Waals surface area contributed by atoms with E-state index in [-0.39, 0.29) is 37.2 Å². The summed E-state index contributed by atoms with van der Waals surface area (Å²) in [5.41, 5.74) is 0.896. The fourth-order valence-electron chi connectivity index (χ4n) is 2.13. The Balaban J connectivity index is 2.89. The number of rotatable bonds is 14. The van der Waals surface area contributed by atoms with Crippen molar-refractivity contribution in [3.8, 4) is 0 Å². The van der Waals surface area contributed by atoms with Crippen LogP contribution in [0.2, 0.25) is 0 Å². The van der Waals surface area contributed by atoms with Crippen LogP contribution in [0.4, 0.5) is 5.95 Å². The summed E-state index contributed by atoms with van der Waals surface area (Å²) < 4.78 is 6.49. The van der Waals surface area contributed by atoms with E-state index < -0.39 is 22.1 Å². The highest BCUT2D eigenvalue weighted by atomic mass is 16.7.